The fourth-order valence-electron chi connectivity index (χ4n) is 0.213. The van der Waals surface area contributed by atoms with E-state index in [1.807, 2.05) is 0 Å². The van der Waals surface area contributed by atoms with Gasteiger partial charge in [-0.1, -0.05) is 0 Å². The molecule has 0 saturated carbocycles. The van der Waals surface area contributed by atoms with E-state index in [0.717, 1.165) is 0 Å². The Kier molecular flexibility index (Phi) is 3.76. The van der Waals surface area contributed by atoms with Gasteiger partial charge in [0.2, 0.25) is 6.18 Å². The summed E-state index contributed by atoms with van der Waals surface area (Å²) in [5.41, 5.74) is 0. The molecule has 0 aromatic heterocycles. The van der Waals surface area contributed by atoms with E-state index in [1.54, 1.807) is 0 Å². The van der Waals surface area contributed by atoms with Crippen molar-refractivity contribution in [2.75, 3.05) is 12.5 Å². The van der Waals surface area contributed by atoms with E-state index in [9.17, 15) is 0 Å². The van der Waals surface area contributed by atoms with E-state index in [0.29, 0.717) is 0 Å². The molecule has 0 rings (SSSR count). The van der Waals surface area contributed by atoms with Crippen LogP contribution in [-0.2, 0) is 21.9 Å². The van der Waals surface area contributed by atoms with Gasteiger partial charge >= 0.3 is 0 Å². The van der Waals surface area contributed by atoms with Crippen LogP contribution >= 0.6 is 12.4 Å². The first-order valence-corrected chi connectivity index (χ1v) is 9.94. The van der Waals surface area contributed by atoms with Crippen molar-refractivity contribution in [3.05, 3.63) is 0 Å². The fraction of sp³-hybridized carbons (Fsp3) is 1.00. The van der Waals surface area contributed by atoms with Gasteiger partial charge in [0.25, 0.3) is 6.18 Å². The second-order valence-electron chi connectivity index (χ2n) is 1.80. The molecule has 0 aliphatic rings. The first kappa shape index (κ1) is 11.3. The SMILES string of the molecule is CS(C)=P(O)(O)P(O)(O)=S. The summed E-state index contributed by atoms with van der Waals surface area (Å²) in [6.07, 6.45) is -4.46. The molecule has 0 radical (unpaired) electrons. The average molecular weight is 224 g/mol. The van der Waals surface area contributed by atoms with Gasteiger partial charge in [-0.05, 0) is 24.3 Å². The zero-order chi connectivity index (χ0) is 8.58. The van der Waals surface area contributed by atoms with Crippen LogP contribution in [0.4, 0.5) is 0 Å². The minimum Gasteiger partial charge on any atom is -0.342 e. The van der Waals surface area contributed by atoms with Crippen molar-refractivity contribution < 1.29 is 19.6 Å². The molecule has 0 aliphatic heterocycles. The molecule has 0 heterocycles. The normalized spacial score (nSPS) is 14.3. The Balaban J connectivity index is 5.17. The van der Waals surface area contributed by atoms with Gasteiger partial charge in [-0.25, -0.2) is 0 Å². The summed E-state index contributed by atoms with van der Waals surface area (Å²) >= 11 is 4.18. The van der Waals surface area contributed by atoms with Gasteiger partial charge in [0.05, 0.1) is 0 Å². The lowest BCUT2D eigenvalue weighted by Gasteiger charge is -2.18. The van der Waals surface area contributed by atoms with Crippen LogP contribution in [0.5, 0.6) is 0 Å². The van der Waals surface area contributed by atoms with Crippen molar-refractivity contribution in [1.82, 2.24) is 0 Å². The molecule has 0 aromatic carbocycles. The van der Waals surface area contributed by atoms with Crippen LogP contribution in [-0.4, -0.2) is 32.1 Å². The number of hydrogen-bond donors (Lipinski definition) is 4. The Morgan fingerprint density at radius 3 is 1.40 bits per heavy atom. The highest BCUT2D eigenvalue weighted by Gasteiger charge is 2.28. The van der Waals surface area contributed by atoms with Crippen molar-refractivity contribution in [1.29, 1.82) is 0 Å². The summed E-state index contributed by atoms with van der Waals surface area (Å²) in [5.74, 6) is 0. The lowest BCUT2D eigenvalue weighted by Crippen LogP contribution is -1.89. The highest BCUT2D eigenvalue weighted by atomic mass is 32.8. The smallest absolute Gasteiger partial charge is 0.262 e. The van der Waals surface area contributed by atoms with Crippen molar-refractivity contribution in [3.63, 3.8) is 0 Å². The summed E-state index contributed by atoms with van der Waals surface area (Å²) in [7, 11) is -0.828. The van der Waals surface area contributed by atoms with Crippen molar-refractivity contribution >= 4 is 34.2 Å². The molecule has 0 bridgehead atoms. The maximum Gasteiger partial charge on any atom is 0.262 e. The predicted molar refractivity (Wildman–Crippen MR) is 49.3 cm³/mol. The van der Waals surface area contributed by atoms with Crippen LogP contribution in [0.2, 0.25) is 0 Å². The summed E-state index contributed by atoms with van der Waals surface area (Å²) in [6.45, 7) is 0. The highest BCUT2D eigenvalue weighted by molar-refractivity contribution is 8.64. The van der Waals surface area contributed by atoms with Gasteiger partial charge in [-0.3, -0.25) is 0 Å². The predicted octanol–water partition coefficient (Wildman–Crippen LogP) is -0.179. The Hall–Kier alpha value is 1.27. The van der Waals surface area contributed by atoms with Crippen LogP contribution < -0.4 is 0 Å². The topological polar surface area (TPSA) is 80.9 Å². The third-order valence-electron chi connectivity index (χ3n) is 0.829. The average Bonchev–Trinajstić information content (AvgIpc) is 1.62. The number of hydrogen-bond acceptors (Lipinski definition) is 1. The molecular weight excluding hydrogens is 214 g/mol. The molecule has 64 valence electrons. The molecular formula is C2H10O4P2S2. The molecule has 4 nitrogen and oxygen atoms in total. The summed E-state index contributed by atoms with van der Waals surface area (Å²) in [6, 6.07) is 0. The van der Waals surface area contributed by atoms with Crippen LogP contribution in [0.15, 0.2) is 0 Å². The Bertz CT molecular complexity index is 219. The minimum absolute atomic E-state index is 0.828. The van der Waals surface area contributed by atoms with Gasteiger partial charge in [0.15, 0.2) is 0 Å². The summed E-state index contributed by atoms with van der Waals surface area (Å²) < 4.78 is 0. The fourth-order valence-corrected chi connectivity index (χ4v) is 9.34. The van der Waals surface area contributed by atoms with E-state index >= 15 is 0 Å². The molecule has 4 N–H and O–H groups in total. The molecule has 0 amide bonds. The summed E-state index contributed by atoms with van der Waals surface area (Å²) in [4.78, 5) is 35.6. The molecule has 0 spiro atoms. The lowest BCUT2D eigenvalue weighted by molar-refractivity contribution is 0.452. The van der Waals surface area contributed by atoms with Gasteiger partial charge < -0.3 is 19.6 Å². The quantitative estimate of drug-likeness (QED) is 0.465. The Morgan fingerprint density at radius 1 is 1.10 bits per heavy atom. The molecule has 8 heteroatoms. The second-order valence-corrected chi connectivity index (χ2v) is 15.6. The third kappa shape index (κ3) is 2.40. The summed E-state index contributed by atoms with van der Waals surface area (Å²) in [5, 5.41) is 0. The molecule has 0 aromatic rings. The zero-order valence-electron chi connectivity index (χ0n) is 5.50. The first-order chi connectivity index (χ1) is 4.19. The first-order valence-electron chi connectivity index (χ1n) is 2.18. The van der Waals surface area contributed by atoms with Gasteiger partial charge in [-0.15, -0.1) is 10.1 Å². The van der Waals surface area contributed by atoms with Crippen molar-refractivity contribution in [2.24, 2.45) is 0 Å². The van der Waals surface area contributed by atoms with E-state index in [1.165, 1.54) is 12.5 Å². The standard InChI is InChI=1S/C2H10O4P2S2/c1-10(2)8(5,6)7(3,4)9/h5-6H,1-2H3,(H2,3,4,9). The Labute approximate surface area is 66.7 Å². The van der Waals surface area contributed by atoms with Crippen molar-refractivity contribution in [3.8, 4) is 0 Å². The molecule has 0 atom stereocenters. The molecule has 0 unspecified atom stereocenters. The third-order valence-corrected chi connectivity index (χ3v) is 15.4. The lowest BCUT2D eigenvalue weighted by atomic mass is 11.9. The van der Waals surface area contributed by atoms with Crippen LogP contribution in [0, 0.1) is 0 Å². The second kappa shape index (κ2) is 3.33. The Morgan fingerprint density at radius 2 is 1.40 bits per heavy atom. The van der Waals surface area contributed by atoms with Gasteiger partial charge in [0.1, 0.15) is 0 Å². The van der Waals surface area contributed by atoms with Gasteiger partial charge in [0, 0.05) is 0 Å². The maximum atomic E-state index is 9.05. The monoisotopic (exact) mass is 224 g/mol. The zero-order valence-corrected chi connectivity index (χ0v) is 8.92. The number of rotatable bonds is 1. The maximum absolute atomic E-state index is 9.05. The van der Waals surface area contributed by atoms with Crippen LogP contribution in [0.1, 0.15) is 0 Å². The van der Waals surface area contributed by atoms with E-state index in [-0.39, 0.29) is 0 Å². The van der Waals surface area contributed by atoms with E-state index in [2.05, 4.69) is 11.8 Å². The largest absolute Gasteiger partial charge is 0.342 e. The van der Waals surface area contributed by atoms with Crippen LogP contribution in [0.25, 0.3) is 0 Å². The molecule has 0 fully saturated rings. The van der Waals surface area contributed by atoms with E-state index < -0.39 is 22.4 Å². The van der Waals surface area contributed by atoms with Crippen LogP contribution in [0.3, 0.4) is 0 Å². The van der Waals surface area contributed by atoms with Crippen molar-refractivity contribution in [2.45, 2.75) is 0 Å². The molecule has 10 heavy (non-hydrogen) atoms. The molecule has 0 aliphatic carbocycles. The molecule has 0 saturated heterocycles. The van der Waals surface area contributed by atoms with Gasteiger partial charge in [-0.2, -0.15) is 0 Å². The van der Waals surface area contributed by atoms with E-state index in [4.69, 9.17) is 19.6 Å². The minimum atomic E-state index is -3.86. The highest BCUT2D eigenvalue weighted by Crippen LogP contribution is 2.74.